The molecule has 0 radical (unpaired) electrons. The summed E-state index contributed by atoms with van der Waals surface area (Å²) in [7, 11) is -4.33. The lowest BCUT2D eigenvalue weighted by atomic mass is 10.2. The molecule has 0 amide bonds. The lowest BCUT2D eigenvalue weighted by Crippen LogP contribution is -2.37. The Morgan fingerprint density at radius 2 is 1.53 bits per heavy atom. The lowest BCUT2D eigenvalue weighted by Gasteiger charge is -2.24. The smallest absolute Gasteiger partial charge is 0.344 e. The van der Waals surface area contributed by atoms with Gasteiger partial charge in [0.05, 0.1) is 28.4 Å². The summed E-state index contributed by atoms with van der Waals surface area (Å²) in [5.41, 5.74) is 0.0341. The molecule has 0 unspecified atom stereocenters. The standard InChI is InChI=1S/C23H26ClNO8S/c1-15(2)32-21(26)13-25(19-9-6-8-18(24)12-19)34(29,30)20-10-5-7-17(11-20)23(28)31-14-22(27)33-16(3)4/h5-12,15-16H,13-14H2,1-4H3. The average Bonchev–Trinajstić information content (AvgIpc) is 2.75. The first kappa shape index (κ1) is 27.1. The largest absolute Gasteiger partial charge is 0.462 e. The summed E-state index contributed by atoms with van der Waals surface area (Å²) in [4.78, 5) is 36.0. The molecule has 0 bridgehead atoms. The van der Waals surface area contributed by atoms with Gasteiger partial charge in [-0.15, -0.1) is 0 Å². The van der Waals surface area contributed by atoms with E-state index in [4.69, 9.17) is 25.8 Å². The Balaban J connectivity index is 2.35. The SMILES string of the molecule is CC(C)OC(=O)COC(=O)c1cccc(S(=O)(=O)N(CC(=O)OC(C)C)c2cccc(Cl)c2)c1. The van der Waals surface area contributed by atoms with E-state index >= 15 is 0 Å². The topological polar surface area (TPSA) is 116 Å². The monoisotopic (exact) mass is 511 g/mol. The predicted molar refractivity (Wildman–Crippen MR) is 125 cm³/mol. The van der Waals surface area contributed by atoms with Crippen LogP contribution in [0.2, 0.25) is 5.02 Å². The Hall–Kier alpha value is -3.11. The third-order valence-electron chi connectivity index (χ3n) is 4.08. The van der Waals surface area contributed by atoms with Gasteiger partial charge in [0.2, 0.25) is 0 Å². The molecule has 0 heterocycles. The fourth-order valence-corrected chi connectivity index (χ4v) is 4.41. The van der Waals surface area contributed by atoms with Crippen LogP contribution in [0.5, 0.6) is 0 Å². The van der Waals surface area contributed by atoms with Crippen molar-refractivity contribution in [2.24, 2.45) is 0 Å². The molecule has 0 fully saturated rings. The highest BCUT2D eigenvalue weighted by Crippen LogP contribution is 2.27. The number of hydrogen-bond donors (Lipinski definition) is 0. The van der Waals surface area contributed by atoms with E-state index in [2.05, 4.69) is 0 Å². The molecule has 0 aliphatic carbocycles. The molecule has 0 saturated carbocycles. The second kappa shape index (κ2) is 11.8. The third-order valence-corrected chi connectivity index (χ3v) is 6.09. The normalized spacial score (nSPS) is 11.3. The van der Waals surface area contributed by atoms with Gasteiger partial charge in [-0.3, -0.25) is 9.10 Å². The van der Waals surface area contributed by atoms with Crippen LogP contribution >= 0.6 is 11.6 Å². The second-order valence-electron chi connectivity index (χ2n) is 7.67. The minimum absolute atomic E-state index is 0.103. The summed E-state index contributed by atoms with van der Waals surface area (Å²) in [6, 6.07) is 11.0. The molecule has 2 aromatic carbocycles. The first-order valence-corrected chi connectivity index (χ1v) is 12.2. The number of esters is 3. The van der Waals surface area contributed by atoms with Crippen molar-refractivity contribution in [1.29, 1.82) is 0 Å². The van der Waals surface area contributed by atoms with Crippen LogP contribution in [0, 0.1) is 0 Å². The highest BCUT2D eigenvalue weighted by Gasteiger charge is 2.29. The van der Waals surface area contributed by atoms with E-state index in [1.165, 1.54) is 36.4 Å². The number of ether oxygens (including phenoxy) is 3. The van der Waals surface area contributed by atoms with Gasteiger partial charge in [-0.05, 0) is 64.1 Å². The van der Waals surface area contributed by atoms with E-state index in [9.17, 15) is 22.8 Å². The number of anilines is 1. The molecule has 0 atom stereocenters. The molecule has 0 spiro atoms. The summed E-state index contributed by atoms with van der Waals surface area (Å²) in [6.07, 6.45) is -0.823. The predicted octanol–water partition coefficient (Wildman–Crippen LogP) is 3.60. The Labute approximate surface area is 203 Å². The van der Waals surface area contributed by atoms with Crippen LogP contribution < -0.4 is 4.31 Å². The number of halogens is 1. The molecule has 9 nitrogen and oxygen atoms in total. The number of benzene rings is 2. The molecule has 2 aromatic rings. The minimum atomic E-state index is -4.33. The van der Waals surface area contributed by atoms with Crippen LogP contribution in [-0.4, -0.2) is 51.7 Å². The van der Waals surface area contributed by atoms with E-state index in [0.717, 1.165) is 10.4 Å². The number of carbonyl (C=O) groups is 3. The Morgan fingerprint density at radius 3 is 2.15 bits per heavy atom. The van der Waals surface area contributed by atoms with Gasteiger partial charge in [-0.1, -0.05) is 23.7 Å². The summed E-state index contributed by atoms with van der Waals surface area (Å²) < 4.78 is 42.7. The molecule has 0 aliphatic heterocycles. The van der Waals surface area contributed by atoms with Gasteiger partial charge in [0, 0.05) is 5.02 Å². The van der Waals surface area contributed by atoms with Crippen molar-refractivity contribution in [3.8, 4) is 0 Å². The number of hydrogen-bond acceptors (Lipinski definition) is 8. The van der Waals surface area contributed by atoms with Crippen molar-refractivity contribution in [1.82, 2.24) is 0 Å². The van der Waals surface area contributed by atoms with Crippen molar-refractivity contribution in [3.05, 3.63) is 59.1 Å². The second-order valence-corrected chi connectivity index (χ2v) is 9.97. The van der Waals surface area contributed by atoms with Crippen molar-refractivity contribution in [2.75, 3.05) is 17.5 Å². The highest BCUT2D eigenvalue weighted by molar-refractivity contribution is 7.92. The van der Waals surface area contributed by atoms with Gasteiger partial charge >= 0.3 is 17.9 Å². The highest BCUT2D eigenvalue weighted by atomic mass is 35.5. The molecule has 0 aromatic heterocycles. The zero-order valence-electron chi connectivity index (χ0n) is 19.2. The molecule has 34 heavy (non-hydrogen) atoms. The van der Waals surface area contributed by atoms with E-state index in [0.29, 0.717) is 0 Å². The maximum atomic E-state index is 13.5. The third kappa shape index (κ3) is 7.74. The van der Waals surface area contributed by atoms with Crippen LogP contribution in [0.4, 0.5) is 5.69 Å². The number of carbonyl (C=O) groups excluding carboxylic acids is 3. The molecule has 0 N–H and O–H groups in total. The van der Waals surface area contributed by atoms with Crippen LogP contribution in [0.15, 0.2) is 53.4 Å². The first-order valence-electron chi connectivity index (χ1n) is 10.3. The van der Waals surface area contributed by atoms with Gasteiger partial charge in [0.15, 0.2) is 6.61 Å². The maximum absolute atomic E-state index is 13.5. The zero-order chi connectivity index (χ0) is 25.5. The van der Waals surface area contributed by atoms with Gasteiger partial charge in [0.1, 0.15) is 6.54 Å². The van der Waals surface area contributed by atoms with E-state index in [1.807, 2.05) is 0 Å². The molecular weight excluding hydrogens is 486 g/mol. The molecule has 11 heteroatoms. The molecule has 184 valence electrons. The number of rotatable bonds is 10. The van der Waals surface area contributed by atoms with Gasteiger partial charge in [0.25, 0.3) is 10.0 Å². The quantitative estimate of drug-likeness (QED) is 0.351. The summed E-state index contributed by atoms with van der Waals surface area (Å²) >= 11 is 6.03. The Bertz CT molecular complexity index is 1150. The van der Waals surface area contributed by atoms with Crippen molar-refractivity contribution >= 4 is 45.2 Å². The Kier molecular flexibility index (Phi) is 9.46. The maximum Gasteiger partial charge on any atom is 0.344 e. The first-order chi connectivity index (χ1) is 15.9. The van der Waals surface area contributed by atoms with Crippen molar-refractivity contribution < 1.29 is 37.0 Å². The minimum Gasteiger partial charge on any atom is -0.462 e. The Morgan fingerprint density at radius 1 is 0.912 bits per heavy atom. The summed E-state index contributed by atoms with van der Waals surface area (Å²) in [6.45, 7) is 5.35. The zero-order valence-corrected chi connectivity index (χ0v) is 20.8. The van der Waals surface area contributed by atoms with Gasteiger partial charge in [-0.2, -0.15) is 0 Å². The fourth-order valence-electron chi connectivity index (χ4n) is 2.78. The van der Waals surface area contributed by atoms with Crippen LogP contribution in [0.3, 0.4) is 0 Å². The van der Waals surface area contributed by atoms with Gasteiger partial charge in [-0.25, -0.2) is 18.0 Å². The molecule has 0 aliphatic rings. The number of sulfonamides is 1. The van der Waals surface area contributed by atoms with Crippen LogP contribution in [0.25, 0.3) is 0 Å². The lowest BCUT2D eigenvalue weighted by molar-refractivity contribution is -0.151. The van der Waals surface area contributed by atoms with Crippen molar-refractivity contribution in [2.45, 2.75) is 44.8 Å². The fraction of sp³-hybridized carbons (Fsp3) is 0.348. The molecule has 0 saturated heterocycles. The van der Waals surface area contributed by atoms with E-state index < -0.39 is 47.2 Å². The van der Waals surface area contributed by atoms with Crippen LogP contribution in [0.1, 0.15) is 38.1 Å². The summed E-state index contributed by atoms with van der Waals surface area (Å²) in [5, 5.41) is 0.264. The van der Waals surface area contributed by atoms with Gasteiger partial charge < -0.3 is 14.2 Å². The van der Waals surface area contributed by atoms with E-state index in [1.54, 1.807) is 33.8 Å². The summed E-state index contributed by atoms with van der Waals surface area (Å²) in [5.74, 6) is -2.41. The molecule has 2 rings (SSSR count). The molecular formula is C23H26ClNO8S. The van der Waals surface area contributed by atoms with E-state index in [-0.39, 0.29) is 27.3 Å². The number of nitrogens with zero attached hydrogens (tertiary/aromatic N) is 1. The van der Waals surface area contributed by atoms with Crippen molar-refractivity contribution in [3.63, 3.8) is 0 Å². The average molecular weight is 512 g/mol. The van der Waals surface area contributed by atoms with Crippen LogP contribution in [-0.2, 0) is 33.8 Å².